The summed E-state index contributed by atoms with van der Waals surface area (Å²) in [5.74, 6) is 0.973. The van der Waals surface area contributed by atoms with Crippen LogP contribution in [-0.4, -0.2) is 18.2 Å². The molecule has 1 saturated heterocycles. The van der Waals surface area contributed by atoms with Crippen LogP contribution in [0.1, 0.15) is 25.8 Å². The third-order valence-corrected chi connectivity index (χ3v) is 3.74. The van der Waals surface area contributed by atoms with E-state index in [-0.39, 0.29) is 5.41 Å². The Kier molecular flexibility index (Phi) is 2.70. The highest BCUT2D eigenvalue weighted by atomic mass is 16.3. The lowest BCUT2D eigenvalue weighted by Crippen LogP contribution is -2.34. The molecule has 2 N–H and O–H groups in total. The van der Waals surface area contributed by atoms with Crippen LogP contribution in [0, 0.1) is 5.92 Å². The smallest absolute Gasteiger partial charge is 0.115 e. The topological polar surface area (TPSA) is 32.3 Å². The summed E-state index contributed by atoms with van der Waals surface area (Å²) in [6.07, 6.45) is 1.19. The first-order valence-electron chi connectivity index (χ1n) is 5.65. The molecule has 1 fully saturated rings. The molecule has 0 bridgehead atoms. The zero-order chi connectivity index (χ0) is 10.9. The molecule has 0 spiro atoms. The maximum Gasteiger partial charge on any atom is 0.115 e. The van der Waals surface area contributed by atoms with Gasteiger partial charge in [0.25, 0.3) is 0 Å². The van der Waals surface area contributed by atoms with Crippen LogP contribution in [0.3, 0.4) is 0 Å². The van der Waals surface area contributed by atoms with E-state index in [2.05, 4.69) is 31.3 Å². The zero-order valence-corrected chi connectivity index (χ0v) is 9.46. The van der Waals surface area contributed by atoms with Crippen molar-refractivity contribution in [2.45, 2.75) is 25.7 Å². The molecule has 0 radical (unpaired) electrons. The van der Waals surface area contributed by atoms with Crippen LogP contribution >= 0.6 is 0 Å². The average molecular weight is 205 g/mol. The van der Waals surface area contributed by atoms with Crippen LogP contribution in [0.2, 0.25) is 0 Å². The average Bonchev–Trinajstić information content (AvgIpc) is 2.69. The molecule has 1 aliphatic rings. The first-order valence-corrected chi connectivity index (χ1v) is 5.65. The highest BCUT2D eigenvalue weighted by Gasteiger charge is 2.38. The predicted molar refractivity (Wildman–Crippen MR) is 62.1 cm³/mol. The molecule has 82 valence electrons. The first kappa shape index (κ1) is 10.5. The van der Waals surface area contributed by atoms with Gasteiger partial charge in [0.05, 0.1) is 0 Å². The van der Waals surface area contributed by atoms with Crippen LogP contribution in [0.25, 0.3) is 0 Å². The zero-order valence-electron chi connectivity index (χ0n) is 9.46. The van der Waals surface area contributed by atoms with Gasteiger partial charge in [0.15, 0.2) is 0 Å². The van der Waals surface area contributed by atoms with Crippen molar-refractivity contribution in [2.24, 2.45) is 5.92 Å². The minimum absolute atomic E-state index is 0.258. The molecule has 0 saturated carbocycles. The van der Waals surface area contributed by atoms with Crippen LogP contribution in [0.4, 0.5) is 0 Å². The standard InChI is InChI=1S/C13H19NO/c1-10(2)13(7-8-14-9-13)11-3-5-12(15)6-4-11/h3-6,10,14-15H,7-9H2,1-2H3. The highest BCUT2D eigenvalue weighted by Crippen LogP contribution is 2.38. The summed E-state index contributed by atoms with van der Waals surface area (Å²) >= 11 is 0. The summed E-state index contributed by atoms with van der Waals surface area (Å²) in [5.41, 5.74) is 1.61. The molecule has 0 aliphatic carbocycles. The van der Waals surface area contributed by atoms with Gasteiger partial charge in [-0.15, -0.1) is 0 Å². The van der Waals surface area contributed by atoms with Gasteiger partial charge in [-0.05, 0) is 36.6 Å². The monoisotopic (exact) mass is 205 g/mol. The van der Waals surface area contributed by atoms with Crippen molar-refractivity contribution in [3.63, 3.8) is 0 Å². The number of phenols is 1. The Morgan fingerprint density at radius 3 is 2.40 bits per heavy atom. The van der Waals surface area contributed by atoms with E-state index in [9.17, 15) is 5.11 Å². The van der Waals surface area contributed by atoms with Gasteiger partial charge >= 0.3 is 0 Å². The second-order valence-electron chi connectivity index (χ2n) is 4.78. The quantitative estimate of drug-likeness (QED) is 0.776. The molecule has 0 amide bonds. The number of phenolic OH excluding ortho intramolecular Hbond substituents is 1. The molecule has 0 aromatic heterocycles. The SMILES string of the molecule is CC(C)C1(c2ccc(O)cc2)CCNC1. The Balaban J connectivity index is 2.36. The Morgan fingerprint density at radius 2 is 1.93 bits per heavy atom. The largest absolute Gasteiger partial charge is 0.508 e. The second kappa shape index (κ2) is 3.86. The van der Waals surface area contributed by atoms with Crippen molar-refractivity contribution in [2.75, 3.05) is 13.1 Å². The molecule has 1 heterocycles. The third kappa shape index (κ3) is 1.74. The molecular formula is C13H19NO. The van der Waals surface area contributed by atoms with Gasteiger partial charge in [0.2, 0.25) is 0 Å². The summed E-state index contributed by atoms with van der Waals surface area (Å²) in [7, 11) is 0. The van der Waals surface area contributed by atoms with Crippen molar-refractivity contribution in [3.05, 3.63) is 29.8 Å². The number of benzene rings is 1. The summed E-state index contributed by atoms with van der Waals surface area (Å²) < 4.78 is 0. The van der Waals surface area contributed by atoms with Crippen LogP contribution in [-0.2, 0) is 5.41 Å². The fourth-order valence-corrected chi connectivity index (χ4v) is 2.58. The molecule has 2 heteroatoms. The predicted octanol–water partition coefficient (Wildman–Crippen LogP) is 2.28. The van der Waals surface area contributed by atoms with Crippen molar-refractivity contribution in [3.8, 4) is 5.75 Å². The Hall–Kier alpha value is -1.02. The normalized spacial score (nSPS) is 26.1. The van der Waals surface area contributed by atoms with E-state index in [4.69, 9.17) is 0 Å². The maximum atomic E-state index is 9.31. The Labute approximate surface area is 91.3 Å². The lowest BCUT2D eigenvalue weighted by molar-refractivity contribution is 0.336. The van der Waals surface area contributed by atoms with Gasteiger partial charge in [-0.3, -0.25) is 0 Å². The maximum absolute atomic E-state index is 9.31. The minimum atomic E-state index is 0.258. The van der Waals surface area contributed by atoms with Crippen molar-refractivity contribution in [1.82, 2.24) is 5.32 Å². The summed E-state index contributed by atoms with van der Waals surface area (Å²) in [6.45, 7) is 6.70. The lowest BCUT2D eigenvalue weighted by atomic mass is 9.71. The molecule has 1 unspecified atom stereocenters. The third-order valence-electron chi connectivity index (χ3n) is 3.74. The van der Waals surface area contributed by atoms with Gasteiger partial charge in [-0.1, -0.05) is 26.0 Å². The van der Waals surface area contributed by atoms with Gasteiger partial charge < -0.3 is 10.4 Å². The van der Waals surface area contributed by atoms with Gasteiger partial charge in [0.1, 0.15) is 5.75 Å². The van der Waals surface area contributed by atoms with Crippen molar-refractivity contribution in [1.29, 1.82) is 0 Å². The number of rotatable bonds is 2. The van der Waals surface area contributed by atoms with Crippen LogP contribution in [0.15, 0.2) is 24.3 Å². The number of hydrogen-bond donors (Lipinski definition) is 2. The Morgan fingerprint density at radius 1 is 1.27 bits per heavy atom. The van der Waals surface area contributed by atoms with E-state index >= 15 is 0 Å². The van der Waals surface area contributed by atoms with Crippen LogP contribution in [0.5, 0.6) is 5.75 Å². The van der Waals surface area contributed by atoms with Crippen molar-refractivity contribution >= 4 is 0 Å². The van der Waals surface area contributed by atoms with Crippen LogP contribution < -0.4 is 5.32 Å². The van der Waals surface area contributed by atoms with Crippen molar-refractivity contribution < 1.29 is 5.11 Å². The van der Waals surface area contributed by atoms with E-state index in [0.717, 1.165) is 13.1 Å². The highest BCUT2D eigenvalue weighted by molar-refractivity contribution is 5.33. The number of nitrogens with one attached hydrogen (secondary N) is 1. The molecule has 15 heavy (non-hydrogen) atoms. The van der Waals surface area contributed by atoms with E-state index < -0.39 is 0 Å². The minimum Gasteiger partial charge on any atom is -0.508 e. The number of hydrogen-bond acceptors (Lipinski definition) is 2. The van der Waals surface area contributed by atoms with E-state index in [0.29, 0.717) is 11.7 Å². The molecule has 2 nitrogen and oxygen atoms in total. The van der Waals surface area contributed by atoms with E-state index in [1.807, 2.05) is 0 Å². The molecule has 2 rings (SSSR count). The van der Waals surface area contributed by atoms with Gasteiger partial charge in [-0.25, -0.2) is 0 Å². The number of aromatic hydroxyl groups is 1. The summed E-state index contributed by atoms with van der Waals surface area (Å²) in [6, 6.07) is 7.69. The van der Waals surface area contributed by atoms with E-state index in [1.165, 1.54) is 12.0 Å². The Bertz CT molecular complexity index is 323. The first-order chi connectivity index (χ1) is 7.15. The molecular weight excluding hydrogens is 186 g/mol. The van der Waals surface area contributed by atoms with Gasteiger partial charge in [0, 0.05) is 12.0 Å². The lowest BCUT2D eigenvalue weighted by Gasteiger charge is -2.33. The fraction of sp³-hybridized carbons (Fsp3) is 0.538. The molecule has 1 aromatic rings. The van der Waals surface area contributed by atoms with Gasteiger partial charge in [-0.2, -0.15) is 0 Å². The fourth-order valence-electron chi connectivity index (χ4n) is 2.58. The summed E-state index contributed by atoms with van der Waals surface area (Å²) in [4.78, 5) is 0. The second-order valence-corrected chi connectivity index (χ2v) is 4.78. The molecule has 1 aliphatic heterocycles. The summed E-state index contributed by atoms with van der Waals surface area (Å²) in [5, 5.41) is 12.8. The molecule has 1 aromatic carbocycles. The van der Waals surface area contributed by atoms with E-state index in [1.54, 1.807) is 12.1 Å². The molecule has 1 atom stereocenters.